The van der Waals surface area contributed by atoms with Crippen molar-refractivity contribution in [3.8, 4) is 5.75 Å². The number of nitrogens with zero attached hydrogens (tertiary/aromatic N) is 1. The Hall–Kier alpha value is -2.70. The fourth-order valence-electron chi connectivity index (χ4n) is 3.04. The number of nitrogens with one attached hydrogen (secondary N) is 2. The summed E-state index contributed by atoms with van der Waals surface area (Å²) >= 11 is 0. The zero-order valence-corrected chi connectivity index (χ0v) is 14.8. The summed E-state index contributed by atoms with van der Waals surface area (Å²) in [6.45, 7) is 0.262. The molecular formula is C20H22F3N3O. The fourth-order valence-corrected chi connectivity index (χ4v) is 3.04. The van der Waals surface area contributed by atoms with Crippen LogP contribution in [-0.4, -0.2) is 17.1 Å². The number of hydrogen-bond acceptors (Lipinski definition) is 2. The van der Waals surface area contributed by atoms with Gasteiger partial charge >= 0.3 is 6.18 Å². The molecule has 0 unspecified atom stereocenters. The highest BCUT2D eigenvalue weighted by Crippen LogP contribution is 2.29. The normalized spacial score (nSPS) is 15.7. The molecule has 27 heavy (non-hydrogen) atoms. The molecule has 0 atom stereocenters. The van der Waals surface area contributed by atoms with Crippen molar-refractivity contribution in [2.75, 3.05) is 5.32 Å². The molecule has 3 rings (SSSR count). The SMILES string of the molecule is Oc1ccc(NC(=NCc2ccc(C(F)(F)F)cc2)NC2CCCC2)cc1. The van der Waals surface area contributed by atoms with E-state index in [2.05, 4.69) is 15.6 Å². The minimum atomic E-state index is -4.34. The molecule has 0 spiro atoms. The van der Waals surface area contributed by atoms with Crippen LogP contribution < -0.4 is 10.6 Å². The molecule has 1 aliphatic carbocycles. The smallest absolute Gasteiger partial charge is 0.416 e. The standard InChI is InChI=1S/C20H22F3N3O/c21-20(22,23)15-7-5-14(6-8-15)13-24-19(25-16-3-1-2-4-16)26-17-9-11-18(27)12-10-17/h5-12,16,27H,1-4,13H2,(H2,24,25,26). The summed E-state index contributed by atoms with van der Waals surface area (Å²) in [6, 6.07) is 12.0. The number of alkyl halides is 3. The van der Waals surface area contributed by atoms with E-state index in [9.17, 15) is 18.3 Å². The van der Waals surface area contributed by atoms with E-state index in [1.807, 2.05) is 0 Å². The zero-order valence-electron chi connectivity index (χ0n) is 14.8. The van der Waals surface area contributed by atoms with Crippen molar-refractivity contribution in [3.63, 3.8) is 0 Å². The van der Waals surface area contributed by atoms with E-state index in [-0.39, 0.29) is 12.3 Å². The molecule has 3 N–H and O–H groups in total. The van der Waals surface area contributed by atoms with Gasteiger partial charge in [0.2, 0.25) is 0 Å². The number of rotatable bonds is 4. The second kappa shape index (κ2) is 8.33. The van der Waals surface area contributed by atoms with Gasteiger partial charge in [-0.3, -0.25) is 0 Å². The monoisotopic (exact) mass is 377 g/mol. The number of benzene rings is 2. The van der Waals surface area contributed by atoms with Crippen molar-refractivity contribution in [2.24, 2.45) is 4.99 Å². The predicted molar refractivity (Wildman–Crippen MR) is 99.7 cm³/mol. The Bertz CT molecular complexity index is 765. The number of halogens is 3. The van der Waals surface area contributed by atoms with E-state index in [1.54, 1.807) is 24.3 Å². The lowest BCUT2D eigenvalue weighted by Crippen LogP contribution is -2.37. The number of phenolic OH excluding ortho intramolecular Hbond substituents is 1. The highest BCUT2D eigenvalue weighted by atomic mass is 19.4. The molecule has 0 bridgehead atoms. The molecule has 0 saturated heterocycles. The highest BCUT2D eigenvalue weighted by Gasteiger charge is 2.29. The van der Waals surface area contributed by atoms with Gasteiger partial charge in [-0.1, -0.05) is 25.0 Å². The van der Waals surface area contributed by atoms with Gasteiger partial charge in [0.05, 0.1) is 12.1 Å². The first kappa shape index (κ1) is 19.1. The third kappa shape index (κ3) is 5.64. The molecule has 0 radical (unpaired) electrons. The van der Waals surface area contributed by atoms with Crippen molar-refractivity contribution in [3.05, 3.63) is 59.7 Å². The number of hydrogen-bond donors (Lipinski definition) is 3. The molecule has 2 aromatic carbocycles. The van der Waals surface area contributed by atoms with Crippen molar-refractivity contribution in [1.82, 2.24) is 5.32 Å². The summed E-state index contributed by atoms with van der Waals surface area (Å²) in [6.07, 6.45) is 0.136. The number of guanidine groups is 1. The van der Waals surface area contributed by atoms with Crippen LogP contribution in [0.2, 0.25) is 0 Å². The van der Waals surface area contributed by atoms with Gasteiger partial charge in [0, 0.05) is 11.7 Å². The maximum absolute atomic E-state index is 12.7. The van der Waals surface area contributed by atoms with Crippen LogP contribution in [0.1, 0.15) is 36.8 Å². The average molecular weight is 377 g/mol. The van der Waals surface area contributed by atoms with Crippen molar-refractivity contribution in [1.29, 1.82) is 0 Å². The maximum atomic E-state index is 12.7. The van der Waals surface area contributed by atoms with Crippen LogP contribution in [0.15, 0.2) is 53.5 Å². The molecule has 1 saturated carbocycles. The van der Waals surface area contributed by atoms with Gasteiger partial charge in [0.1, 0.15) is 5.75 Å². The molecule has 2 aromatic rings. The molecule has 0 heterocycles. The number of phenols is 1. The molecule has 0 aliphatic heterocycles. The third-order valence-corrected chi connectivity index (χ3v) is 4.53. The van der Waals surface area contributed by atoms with E-state index in [1.165, 1.54) is 25.0 Å². The molecule has 1 aliphatic rings. The van der Waals surface area contributed by atoms with E-state index < -0.39 is 11.7 Å². The van der Waals surface area contributed by atoms with Gasteiger partial charge in [-0.25, -0.2) is 4.99 Å². The Morgan fingerprint density at radius 2 is 1.63 bits per heavy atom. The largest absolute Gasteiger partial charge is 0.508 e. The van der Waals surface area contributed by atoms with Crippen molar-refractivity contribution >= 4 is 11.6 Å². The van der Waals surface area contributed by atoms with E-state index in [4.69, 9.17) is 0 Å². The molecule has 0 aromatic heterocycles. The predicted octanol–water partition coefficient (Wildman–Crippen LogP) is 4.91. The first-order valence-electron chi connectivity index (χ1n) is 8.93. The van der Waals surface area contributed by atoms with Crippen LogP contribution >= 0.6 is 0 Å². The van der Waals surface area contributed by atoms with E-state index >= 15 is 0 Å². The summed E-state index contributed by atoms with van der Waals surface area (Å²) in [5.74, 6) is 0.750. The second-order valence-corrected chi connectivity index (χ2v) is 6.66. The Kier molecular flexibility index (Phi) is 5.88. The summed E-state index contributed by atoms with van der Waals surface area (Å²) in [5.41, 5.74) is 0.799. The lowest BCUT2D eigenvalue weighted by atomic mass is 10.1. The zero-order chi connectivity index (χ0) is 19.3. The van der Waals surface area contributed by atoms with Crippen molar-refractivity contribution < 1.29 is 18.3 Å². The first-order valence-corrected chi connectivity index (χ1v) is 8.93. The molecule has 7 heteroatoms. The average Bonchev–Trinajstić information content (AvgIpc) is 3.14. The summed E-state index contributed by atoms with van der Waals surface area (Å²) < 4.78 is 38.0. The Morgan fingerprint density at radius 1 is 1.00 bits per heavy atom. The lowest BCUT2D eigenvalue weighted by molar-refractivity contribution is -0.137. The second-order valence-electron chi connectivity index (χ2n) is 6.66. The number of anilines is 1. The van der Waals surface area contributed by atoms with E-state index in [0.29, 0.717) is 17.6 Å². The van der Waals surface area contributed by atoms with Crippen LogP contribution in [0.25, 0.3) is 0 Å². The van der Waals surface area contributed by atoms with Crippen molar-refractivity contribution in [2.45, 2.75) is 44.4 Å². The molecule has 144 valence electrons. The third-order valence-electron chi connectivity index (χ3n) is 4.53. The van der Waals surface area contributed by atoms with Gasteiger partial charge in [-0.15, -0.1) is 0 Å². The van der Waals surface area contributed by atoms with Gasteiger partial charge in [-0.2, -0.15) is 13.2 Å². The lowest BCUT2D eigenvalue weighted by Gasteiger charge is -2.17. The molecule has 0 amide bonds. The van der Waals surface area contributed by atoms with Crippen LogP contribution in [-0.2, 0) is 12.7 Å². The Morgan fingerprint density at radius 3 is 2.22 bits per heavy atom. The Labute approximate surface area is 156 Å². The number of aromatic hydroxyl groups is 1. The van der Waals surface area contributed by atoms with E-state index in [0.717, 1.165) is 30.7 Å². The fraction of sp³-hybridized carbons (Fsp3) is 0.350. The minimum Gasteiger partial charge on any atom is -0.508 e. The number of aliphatic imine (C=N–C) groups is 1. The van der Waals surface area contributed by atoms with Gasteiger partial charge < -0.3 is 15.7 Å². The Balaban J connectivity index is 1.71. The van der Waals surface area contributed by atoms with Crippen LogP contribution in [0.3, 0.4) is 0 Å². The van der Waals surface area contributed by atoms with Crippen LogP contribution in [0.4, 0.5) is 18.9 Å². The topological polar surface area (TPSA) is 56.6 Å². The van der Waals surface area contributed by atoms with Crippen LogP contribution in [0, 0.1) is 0 Å². The molecular weight excluding hydrogens is 355 g/mol. The van der Waals surface area contributed by atoms with Gasteiger partial charge in [0.15, 0.2) is 5.96 Å². The van der Waals surface area contributed by atoms with Crippen LogP contribution in [0.5, 0.6) is 5.75 Å². The maximum Gasteiger partial charge on any atom is 0.416 e. The molecule has 4 nitrogen and oxygen atoms in total. The molecule has 1 fully saturated rings. The van der Waals surface area contributed by atoms with Gasteiger partial charge in [0.25, 0.3) is 0 Å². The summed E-state index contributed by atoms with van der Waals surface area (Å²) in [7, 11) is 0. The quantitative estimate of drug-likeness (QED) is 0.403. The first-order chi connectivity index (χ1) is 12.9. The van der Waals surface area contributed by atoms with Gasteiger partial charge in [-0.05, 0) is 54.8 Å². The highest BCUT2D eigenvalue weighted by molar-refractivity contribution is 5.93. The minimum absolute atomic E-state index is 0.174. The summed E-state index contributed by atoms with van der Waals surface area (Å²) in [4.78, 5) is 4.52. The summed E-state index contributed by atoms with van der Waals surface area (Å²) in [5, 5.41) is 16.0.